The molecule has 196 valence electrons. The highest BCUT2D eigenvalue weighted by Gasteiger charge is 2.33. The van der Waals surface area contributed by atoms with Crippen molar-refractivity contribution < 1.29 is 27.5 Å². The van der Waals surface area contributed by atoms with E-state index in [9.17, 15) is 32.3 Å². The van der Waals surface area contributed by atoms with Crippen LogP contribution >= 0.6 is 0 Å². The number of carboxylic acid groups (broad SMARTS) is 1. The van der Waals surface area contributed by atoms with Crippen LogP contribution in [0, 0.1) is 5.82 Å². The van der Waals surface area contributed by atoms with E-state index in [1.807, 2.05) is 0 Å². The molecule has 13 heteroatoms. The Morgan fingerprint density at radius 2 is 1.79 bits per heavy atom. The molecule has 0 spiro atoms. The molecule has 4 rings (SSSR count). The van der Waals surface area contributed by atoms with Crippen LogP contribution in [0.2, 0.25) is 0 Å². The molecule has 0 bridgehead atoms. The molecule has 38 heavy (non-hydrogen) atoms. The maximum atomic E-state index is 13.4. The Morgan fingerprint density at radius 3 is 2.45 bits per heavy atom. The van der Waals surface area contributed by atoms with Crippen molar-refractivity contribution in [2.75, 3.05) is 15.9 Å². The van der Waals surface area contributed by atoms with Gasteiger partial charge in [0.2, 0.25) is 10.0 Å². The number of sulfonamides is 1. The first-order chi connectivity index (χ1) is 18.0. The van der Waals surface area contributed by atoms with Crippen molar-refractivity contribution in [3.8, 4) is 0 Å². The molecule has 0 saturated heterocycles. The van der Waals surface area contributed by atoms with Crippen molar-refractivity contribution in [1.82, 2.24) is 15.0 Å². The van der Waals surface area contributed by atoms with Gasteiger partial charge in [0.1, 0.15) is 17.4 Å². The Kier molecular flexibility index (Phi) is 7.48. The largest absolute Gasteiger partial charge is 0.480 e. The summed E-state index contributed by atoms with van der Waals surface area (Å²) in [5.41, 5.74) is 0.257. The third kappa shape index (κ3) is 5.83. The average molecular weight is 540 g/mol. The zero-order valence-electron chi connectivity index (χ0n) is 20.0. The summed E-state index contributed by atoms with van der Waals surface area (Å²) in [5, 5.41) is 20.5. The van der Waals surface area contributed by atoms with Crippen molar-refractivity contribution in [1.29, 1.82) is 0 Å². The number of carbonyl (C=O) groups is 2. The van der Waals surface area contributed by atoms with Gasteiger partial charge in [-0.15, -0.1) is 5.10 Å². The minimum Gasteiger partial charge on any atom is -0.480 e. The standard InChI is InChI=1S/C25H22FN5O6S/c1-38(36,37)31(19-11-9-16(10-12-19)23(32)27-18-6-4-5-17(26)15-18)22(25(34)35)13-14-30-24(33)20-7-2-3-8-21(20)28-29-30/h2-12,15,22H,13-14H2,1H3,(H,27,32)(H,34,35). The Hall–Kier alpha value is -4.65. The van der Waals surface area contributed by atoms with Gasteiger partial charge in [0.25, 0.3) is 11.5 Å². The molecule has 4 aromatic rings. The van der Waals surface area contributed by atoms with Crippen LogP contribution in [0.1, 0.15) is 16.8 Å². The number of nitrogens with one attached hydrogen (secondary N) is 1. The van der Waals surface area contributed by atoms with Gasteiger partial charge in [0, 0.05) is 17.8 Å². The number of aromatic nitrogens is 3. The van der Waals surface area contributed by atoms with Crippen molar-refractivity contribution >= 4 is 44.2 Å². The number of nitrogens with zero attached hydrogens (tertiary/aromatic N) is 4. The zero-order valence-corrected chi connectivity index (χ0v) is 20.8. The number of fused-ring (bicyclic) bond motifs is 1. The quantitative estimate of drug-likeness (QED) is 0.329. The van der Waals surface area contributed by atoms with Gasteiger partial charge >= 0.3 is 5.97 Å². The summed E-state index contributed by atoms with van der Waals surface area (Å²) in [4.78, 5) is 37.4. The Labute approximate surface area is 216 Å². The SMILES string of the molecule is CS(=O)(=O)N(c1ccc(C(=O)Nc2cccc(F)c2)cc1)C(CCn1nnc2ccccc2c1=O)C(=O)O. The number of amides is 1. The van der Waals surface area contributed by atoms with Crippen LogP contribution in [0.4, 0.5) is 15.8 Å². The van der Waals surface area contributed by atoms with Gasteiger partial charge in [-0.25, -0.2) is 22.3 Å². The molecular formula is C25H22FN5O6S. The van der Waals surface area contributed by atoms with E-state index in [4.69, 9.17) is 0 Å². The molecule has 11 nitrogen and oxygen atoms in total. The third-order valence-corrected chi connectivity index (χ3v) is 6.82. The van der Waals surface area contributed by atoms with E-state index >= 15 is 0 Å². The fourth-order valence-electron chi connectivity index (χ4n) is 3.89. The fourth-order valence-corrected chi connectivity index (χ4v) is 5.05. The number of hydrogen-bond acceptors (Lipinski definition) is 7. The number of hydrogen-bond donors (Lipinski definition) is 2. The highest BCUT2D eigenvalue weighted by atomic mass is 32.2. The molecular weight excluding hydrogens is 517 g/mol. The number of anilines is 2. The maximum Gasteiger partial charge on any atom is 0.327 e. The summed E-state index contributed by atoms with van der Waals surface area (Å²) < 4.78 is 40.4. The second-order valence-electron chi connectivity index (χ2n) is 8.35. The molecule has 1 aromatic heterocycles. The lowest BCUT2D eigenvalue weighted by atomic mass is 10.1. The van der Waals surface area contributed by atoms with Gasteiger partial charge in [0.05, 0.1) is 17.3 Å². The molecule has 1 unspecified atom stereocenters. The normalized spacial score (nSPS) is 12.2. The monoisotopic (exact) mass is 539 g/mol. The summed E-state index contributed by atoms with van der Waals surface area (Å²) >= 11 is 0. The second kappa shape index (κ2) is 10.8. The maximum absolute atomic E-state index is 13.4. The van der Waals surface area contributed by atoms with E-state index in [-0.39, 0.29) is 29.9 Å². The molecule has 0 aliphatic carbocycles. The lowest BCUT2D eigenvalue weighted by Crippen LogP contribution is -2.46. The summed E-state index contributed by atoms with van der Waals surface area (Å²) in [6.45, 7) is -0.215. The number of aliphatic carboxylic acids is 1. The van der Waals surface area contributed by atoms with Gasteiger partial charge in [-0.3, -0.25) is 13.9 Å². The van der Waals surface area contributed by atoms with Gasteiger partial charge < -0.3 is 10.4 Å². The lowest BCUT2D eigenvalue weighted by molar-refractivity contribution is -0.138. The van der Waals surface area contributed by atoms with E-state index in [1.54, 1.807) is 24.3 Å². The van der Waals surface area contributed by atoms with Gasteiger partial charge in [-0.05, 0) is 61.0 Å². The van der Waals surface area contributed by atoms with Crippen LogP contribution in [0.15, 0.2) is 77.6 Å². The van der Waals surface area contributed by atoms with Gasteiger partial charge in [-0.1, -0.05) is 23.4 Å². The second-order valence-corrected chi connectivity index (χ2v) is 10.2. The van der Waals surface area contributed by atoms with E-state index in [0.717, 1.165) is 17.0 Å². The highest BCUT2D eigenvalue weighted by molar-refractivity contribution is 7.92. The zero-order chi connectivity index (χ0) is 27.4. The molecule has 0 aliphatic heterocycles. The van der Waals surface area contributed by atoms with Gasteiger partial charge in [-0.2, -0.15) is 0 Å². The summed E-state index contributed by atoms with van der Waals surface area (Å²) in [6.07, 6.45) is 0.562. The third-order valence-electron chi connectivity index (χ3n) is 5.64. The predicted octanol–water partition coefficient (Wildman–Crippen LogP) is 2.49. The number of aryl methyl sites for hydroxylation is 1. The van der Waals surface area contributed by atoms with Crippen molar-refractivity contribution in [3.63, 3.8) is 0 Å². The van der Waals surface area contributed by atoms with Crippen LogP contribution < -0.4 is 15.2 Å². The molecule has 1 heterocycles. The summed E-state index contributed by atoms with van der Waals surface area (Å²) in [6, 6.07) is 15.5. The number of carbonyl (C=O) groups excluding carboxylic acids is 1. The molecule has 0 fully saturated rings. The molecule has 2 N–H and O–H groups in total. The predicted molar refractivity (Wildman–Crippen MR) is 138 cm³/mol. The smallest absolute Gasteiger partial charge is 0.327 e. The summed E-state index contributed by atoms with van der Waals surface area (Å²) in [7, 11) is -4.11. The first-order valence-electron chi connectivity index (χ1n) is 11.3. The first-order valence-corrected chi connectivity index (χ1v) is 13.1. The van der Waals surface area contributed by atoms with Gasteiger partial charge in [0.15, 0.2) is 0 Å². The molecule has 1 amide bonds. The molecule has 0 radical (unpaired) electrons. The summed E-state index contributed by atoms with van der Waals surface area (Å²) in [5.74, 6) is -2.54. The lowest BCUT2D eigenvalue weighted by Gasteiger charge is -2.29. The molecule has 3 aromatic carbocycles. The fraction of sp³-hybridized carbons (Fsp3) is 0.160. The number of halogens is 1. The van der Waals surface area contributed by atoms with Crippen LogP contribution in [0.25, 0.3) is 10.9 Å². The molecule has 0 aliphatic rings. The van der Waals surface area contributed by atoms with Crippen molar-refractivity contribution in [2.24, 2.45) is 0 Å². The minimum absolute atomic E-state index is 0.000789. The van der Waals surface area contributed by atoms with Crippen LogP contribution in [0.5, 0.6) is 0 Å². The Morgan fingerprint density at radius 1 is 1.08 bits per heavy atom. The Balaban J connectivity index is 1.58. The number of benzene rings is 3. The van der Waals surface area contributed by atoms with E-state index < -0.39 is 39.3 Å². The van der Waals surface area contributed by atoms with Crippen molar-refractivity contribution in [3.05, 3.63) is 94.5 Å². The molecule has 1 atom stereocenters. The van der Waals surface area contributed by atoms with Crippen LogP contribution in [-0.4, -0.2) is 52.7 Å². The van der Waals surface area contributed by atoms with E-state index in [1.165, 1.54) is 42.5 Å². The van der Waals surface area contributed by atoms with Crippen LogP contribution in [-0.2, 0) is 21.4 Å². The van der Waals surface area contributed by atoms with Crippen LogP contribution in [0.3, 0.4) is 0 Å². The topological polar surface area (TPSA) is 152 Å². The van der Waals surface area contributed by atoms with Crippen molar-refractivity contribution in [2.45, 2.75) is 19.0 Å². The minimum atomic E-state index is -4.11. The first kappa shape index (κ1) is 26.4. The molecule has 0 saturated carbocycles. The average Bonchev–Trinajstić information content (AvgIpc) is 2.87. The van der Waals surface area contributed by atoms with E-state index in [2.05, 4.69) is 15.6 Å². The number of carboxylic acids is 1. The Bertz CT molecular complexity index is 1670. The van der Waals surface area contributed by atoms with E-state index in [0.29, 0.717) is 15.2 Å². The number of rotatable bonds is 9. The highest BCUT2D eigenvalue weighted by Crippen LogP contribution is 2.24.